The fourth-order valence-electron chi connectivity index (χ4n) is 8.35. The van der Waals surface area contributed by atoms with E-state index in [1.165, 1.54) is 12.3 Å². The second-order valence-electron chi connectivity index (χ2n) is 17.7. The van der Waals surface area contributed by atoms with Crippen LogP contribution in [0.3, 0.4) is 0 Å². The average molecular weight is 927 g/mol. The number of hydrogen-bond donors (Lipinski definition) is 5. The maximum atomic E-state index is 13.3. The Bertz CT molecular complexity index is 2730. The molecular formula is C53H62N6O9. The summed E-state index contributed by atoms with van der Waals surface area (Å²) >= 11 is 0. The number of ether oxygens (including phenoxy) is 4. The van der Waals surface area contributed by atoms with Crippen molar-refractivity contribution in [3.05, 3.63) is 124 Å². The standard InChI is InChI=1S/C53H62N6O9/c1-5-39-41(33-56-51(54)49(39)36-11-15-37(60)16-12-36)35-13-17-38(18-14-35)67-25-8-20-58-21-23-59(24-22-58)48(62)19-26-65-27-28-66-29-30-68-47-31-43(53(2,3)4)45(32-46(47)61)57-52(64)42-34-55-44-10-7-6-9-40(44)50(42)63/h6-7,9-18,31-34,60-61H,5,8,19-30H2,1-4H3,(H2,54,56)(H,55,63)(H,57,64). The third-order valence-corrected chi connectivity index (χ3v) is 12.0. The van der Waals surface area contributed by atoms with Gasteiger partial charge in [0.25, 0.3) is 5.91 Å². The number of carbonyl (C=O) groups excluding carboxylic acids is 2. The molecule has 0 radical (unpaired) electrons. The van der Waals surface area contributed by atoms with Crippen LogP contribution in [0.2, 0.25) is 0 Å². The molecule has 15 nitrogen and oxygen atoms in total. The van der Waals surface area contributed by atoms with Crippen molar-refractivity contribution in [3.63, 3.8) is 0 Å². The minimum atomic E-state index is -0.591. The summed E-state index contributed by atoms with van der Waals surface area (Å²) in [5.41, 5.74) is 12.1. The van der Waals surface area contributed by atoms with Gasteiger partial charge in [-0.05, 0) is 83.0 Å². The van der Waals surface area contributed by atoms with Gasteiger partial charge in [0, 0.05) is 78.9 Å². The van der Waals surface area contributed by atoms with Crippen molar-refractivity contribution in [2.75, 3.05) is 83.4 Å². The number of nitrogens with two attached hydrogens (primary N) is 1. The highest BCUT2D eigenvalue weighted by Crippen LogP contribution is 2.39. The summed E-state index contributed by atoms with van der Waals surface area (Å²) in [5.74, 6) is 1.02. The third-order valence-electron chi connectivity index (χ3n) is 12.0. The van der Waals surface area contributed by atoms with E-state index in [1.54, 1.807) is 42.5 Å². The molecule has 15 heteroatoms. The van der Waals surface area contributed by atoms with Crippen molar-refractivity contribution in [1.29, 1.82) is 0 Å². The average Bonchev–Trinajstić information content (AvgIpc) is 3.33. The number of carbonyl (C=O) groups is 2. The molecular weight excluding hydrogens is 865 g/mol. The molecule has 3 heterocycles. The number of phenols is 2. The van der Waals surface area contributed by atoms with Gasteiger partial charge in [-0.3, -0.25) is 19.3 Å². The molecule has 1 aliphatic heterocycles. The van der Waals surface area contributed by atoms with E-state index in [9.17, 15) is 24.6 Å². The molecule has 1 fully saturated rings. The van der Waals surface area contributed by atoms with Crippen LogP contribution in [-0.2, 0) is 26.1 Å². The van der Waals surface area contributed by atoms with Crippen molar-refractivity contribution < 1.29 is 38.7 Å². The number of anilines is 2. The molecule has 2 amide bonds. The number of pyridine rings is 2. The van der Waals surface area contributed by atoms with Gasteiger partial charge < -0.3 is 50.1 Å². The molecule has 0 aliphatic carbocycles. The van der Waals surface area contributed by atoms with Crippen molar-refractivity contribution >= 4 is 34.2 Å². The van der Waals surface area contributed by atoms with E-state index < -0.39 is 11.3 Å². The monoisotopic (exact) mass is 926 g/mol. The van der Waals surface area contributed by atoms with Crippen molar-refractivity contribution in [3.8, 4) is 45.3 Å². The van der Waals surface area contributed by atoms with Crippen LogP contribution >= 0.6 is 0 Å². The van der Waals surface area contributed by atoms with Gasteiger partial charge in [-0.25, -0.2) is 4.98 Å². The van der Waals surface area contributed by atoms with Gasteiger partial charge >= 0.3 is 0 Å². The van der Waals surface area contributed by atoms with E-state index in [2.05, 4.69) is 27.1 Å². The van der Waals surface area contributed by atoms with E-state index in [-0.39, 0.29) is 47.4 Å². The Balaban J connectivity index is 0.752. The first-order chi connectivity index (χ1) is 32.8. The molecule has 1 aliphatic rings. The molecule has 6 N–H and O–H groups in total. The maximum absolute atomic E-state index is 13.3. The van der Waals surface area contributed by atoms with Gasteiger partial charge in [-0.2, -0.15) is 0 Å². The second kappa shape index (κ2) is 22.7. The number of aromatic hydroxyl groups is 2. The molecule has 6 aromatic rings. The number of benzene rings is 4. The third kappa shape index (κ3) is 12.3. The highest BCUT2D eigenvalue weighted by Gasteiger charge is 2.25. The largest absolute Gasteiger partial charge is 0.508 e. The lowest BCUT2D eigenvalue weighted by molar-refractivity contribution is -0.134. The first kappa shape index (κ1) is 49.0. The van der Waals surface area contributed by atoms with Gasteiger partial charge in [0.2, 0.25) is 11.3 Å². The molecule has 0 bridgehead atoms. The van der Waals surface area contributed by atoms with Crippen LogP contribution in [0.15, 0.2) is 102 Å². The van der Waals surface area contributed by atoms with E-state index in [1.807, 2.05) is 68.3 Å². The maximum Gasteiger partial charge on any atom is 0.261 e. The molecule has 68 heavy (non-hydrogen) atoms. The Morgan fingerprint density at radius 2 is 1.53 bits per heavy atom. The summed E-state index contributed by atoms with van der Waals surface area (Å²) in [7, 11) is 0. The van der Waals surface area contributed by atoms with E-state index in [4.69, 9.17) is 24.7 Å². The zero-order chi connectivity index (χ0) is 48.2. The van der Waals surface area contributed by atoms with Crippen LogP contribution < -0.4 is 26.0 Å². The van der Waals surface area contributed by atoms with E-state index >= 15 is 0 Å². The second-order valence-corrected chi connectivity index (χ2v) is 17.7. The zero-order valence-corrected chi connectivity index (χ0v) is 39.3. The fraction of sp³-hybridized carbons (Fsp3) is 0.358. The number of aromatic nitrogens is 2. The number of para-hydroxylation sites is 1. The topological polar surface area (TPSA) is 202 Å². The van der Waals surface area contributed by atoms with Crippen LogP contribution in [0, 0.1) is 0 Å². The summed E-state index contributed by atoms with van der Waals surface area (Å²) in [6, 6.07) is 25.2. The summed E-state index contributed by atoms with van der Waals surface area (Å²) < 4.78 is 23.3. The molecule has 0 spiro atoms. The van der Waals surface area contributed by atoms with Crippen molar-refractivity contribution in [1.82, 2.24) is 19.8 Å². The lowest BCUT2D eigenvalue weighted by Gasteiger charge is -2.34. The van der Waals surface area contributed by atoms with Crippen LogP contribution in [0.25, 0.3) is 33.2 Å². The fourth-order valence-corrected chi connectivity index (χ4v) is 8.35. The van der Waals surface area contributed by atoms with Gasteiger partial charge in [0.05, 0.1) is 39.5 Å². The number of H-pyrrole nitrogens is 1. The van der Waals surface area contributed by atoms with Gasteiger partial charge in [-0.1, -0.05) is 64.1 Å². The number of nitrogens with zero attached hydrogens (tertiary/aromatic N) is 3. The van der Waals surface area contributed by atoms with Crippen LogP contribution in [0.5, 0.6) is 23.0 Å². The Hall–Kier alpha value is -6.94. The summed E-state index contributed by atoms with van der Waals surface area (Å²) in [6.07, 6.45) is 5.14. The Morgan fingerprint density at radius 3 is 2.25 bits per heavy atom. The Kier molecular flexibility index (Phi) is 16.4. The Morgan fingerprint density at radius 1 is 0.838 bits per heavy atom. The predicted molar refractivity (Wildman–Crippen MR) is 265 cm³/mol. The van der Waals surface area contributed by atoms with Crippen LogP contribution in [0.4, 0.5) is 11.5 Å². The molecule has 1 saturated heterocycles. The lowest BCUT2D eigenvalue weighted by atomic mass is 9.85. The first-order valence-corrected chi connectivity index (χ1v) is 23.2. The molecule has 0 unspecified atom stereocenters. The number of piperazine rings is 1. The zero-order valence-electron chi connectivity index (χ0n) is 39.3. The predicted octanol–water partition coefficient (Wildman–Crippen LogP) is 7.78. The van der Waals surface area contributed by atoms with Crippen molar-refractivity contribution in [2.45, 2.75) is 52.4 Å². The minimum Gasteiger partial charge on any atom is -0.508 e. The molecule has 4 aromatic carbocycles. The summed E-state index contributed by atoms with van der Waals surface area (Å²) in [4.78, 5) is 50.9. The van der Waals surface area contributed by atoms with Gasteiger partial charge in [0.1, 0.15) is 29.5 Å². The number of phenolic OH excluding ortho intramolecular Hbond substituents is 2. The molecule has 358 valence electrons. The molecule has 0 saturated carbocycles. The molecule has 7 rings (SSSR count). The quantitative estimate of drug-likeness (QED) is 0.0467. The first-order valence-electron chi connectivity index (χ1n) is 23.2. The van der Waals surface area contributed by atoms with Gasteiger partial charge in [0.15, 0.2) is 11.5 Å². The van der Waals surface area contributed by atoms with Crippen molar-refractivity contribution in [2.24, 2.45) is 0 Å². The number of hydrogen-bond acceptors (Lipinski definition) is 12. The summed E-state index contributed by atoms with van der Waals surface area (Å²) in [5, 5.41) is 23.8. The number of amides is 2. The normalized spacial score (nSPS) is 13.1. The SMILES string of the molecule is CCc1c(-c2ccc(OCCCN3CCN(C(=O)CCOCCOCCOc4cc(C(C)(C)C)c(NC(=O)c5c[nH]c6ccccc6c5=O)cc4O)CC3)cc2)cnc(N)c1-c1ccc(O)cc1. The number of nitrogen functional groups attached to an aromatic ring is 1. The van der Waals surface area contributed by atoms with E-state index in [0.29, 0.717) is 73.9 Å². The highest BCUT2D eigenvalue weighted by atomic mass is 16.5. The number of nitrogens with one attached hydrogen (secondary N) is 2. The molecule has 0 atom stereocenters. The smallest absolute Gasteiger partial charge is 0.261 e. The Labute approximate surface area is 396 Å². The lowest BCUT2D eigenvalue weighted by Crippen LogP contribution is -2.49. The number of fused-ring (bicyclic) bond motifs is 1. The number of rotatable bonds is 20. The minimum absolute atomic E-state index is 0.0379. The number of aromatic amines is 1. The van der Waals surface area contributed by atoms with E-state index in [0.717, 1.165) is 66.0 Å². The van der Waals surface area contributed by atoms with Crippen LogP contribution in [-0.4, -0.2) is 114 Å². The summed E-state index contributed by atoms with van der Waals surface area (Å²) in [6.45, 7) is 13.8. The highest BCUT2D eigenvalue weighted by molar-refractivity contribution is 6.06. The van der Waals surface area contributed by atoms with Crippen LogP contribution in [0.1, 0.15) is 62.0 Å². The molecule has 2 aromatic heterocycles. The van der Waals surface area contributed by atoms with Gasteiger partial charge in [-0.15, -0.1) is 0 Å².